The van der Waals surface area contributed by atoms with E-state index in [0.29, 0.717) is 0 Å². The van der Waals surface area contributed by atoms with Crippen molar-refractivity contribution in [3.05, 3.63) is 0 Å². The third-order valence-corrected chi connectivity index (χ3v) is 0. The summed E-state index contributed by atoms with van der Waals surface area (Å²) in [6, 6.07) is 0. The van der Waals surface area contributed by atoms with Gasteiger partial charge in [0.2, 0.25) is 0 Å². The van der Waals surface area contributed by atoms with Gasteiger partial charge in [-0.1, -0.05) is 0 Å². The van der Waals surface area contributed by atoms with Crippen LogP contribution in [-0.4, -0.2) is 5.48 Å². The van der Waals surface area contributed by atoms with Crippen molar-refractivity contribution in [3.8, 4) is 0 Å². The molecule has 0 fully saturated rings. The van der Waals surface area contributed by atoms with Gasteiger partial charge in [-0.05, 0) is 0 Å². The summed E-state index contributed by atoms with van der Waals surface area (Å²) < 4.78 is 0. The molecule has 6 heteroatoms. The van der Waals surface area contributed by atoms with Crippen molar-refractivity contribution in [2.45, 2.75) is 0 Å². The van der Waals surface area contributed by atoms with Gasteiger partial charge in [0.1, 0.15) is 0 Å². The third kappa shape index (κ3) is 45.2. The van der Waals surface area contributed by atoms with Crippen molar-refractivity contribution in [1.82, 2.24) is 0 Å². The fourth-order valence-corrected chi connectivity index (χ4v) is 0. The topological polar surface area (TPSA) is 31.5 Å². The summed E-state index contributed by atoms with van der Waals surface area (Å²) >= 11 is 0. The van der Waals surface area contributed by atoms with Crippen LogP contribution in [0.4, 0.5) is 0 Å². The van der Waals surface area contributed by atoms with E-state index in [9.17, 15) is 0 Å². The van der Waals surface area contributed by atoms with Gasteiger partial charge in [0.15, 0.2) is 0 Å². The Labute approximate surface area is 72.1 Å². The van der Waals surface area contributed by atoms with E-state index in [-0.39, 0.29) is 72.2 Å². The van der Waals surface area contributed by atoms with E-state index < -0.39 is 0 Å². The molecule has 0 saturated heterocycles. The Bertz CT molecular complexity index is 7.51. The first-order valence-corrected chi connectivity index (χ1v) is 0. The summed E-state index contributed by atoms with van der Waals surface area (Å²) in [7, 11) is 0. The zero-order valence-corrected chi connectivity index (χ0v) is 6.59. The summed E-state index contributed by atoms with van der Waals surface area (Å²) in [6.07, 6.45) is 0. The molecule has 0 aromatic carbocycles. The van der Waals surface area contributed by atoms with Gasteiger partial charge < -0.3 is 55.1 Å². The maximum Gasteiger partial charge on any atom is 4.00 e. The normalized spacial score (nSPS) is 0. The summed E-state index contributed by atoms with van der Waals surface area (Å²) in [5.74, 6) is 0. The Morgan fingerprint density at radius 3 is 0.500 bits per heavy atom. The van der Waals surface area contributed by atoms with E-state index in [0.717, 1.165) is 0 Å². The van der Waals surface area contributed by atoms with Gasteiger partial charge >= 0.3 is 17.1 Å². The van der Waals surface area contributed by atoms with Gasteiger partial charge in [-0.2, -0.15) is 0 Å². The quantitative estimate of drug-likeness (QED) is 0.359. The molecule has 1 radical (unpaired) electrons. The predicted octanol–water partition coefficient (Wildman–Crippen LogP) is -12.8. The van der Waals surface area contributed by atoms with Crippen molar-refractivity contribution in [3.63, 3.8) is 0 Å². The van der Waals surface area contributed by atoms with Gasteiger partial charge in [-0.3, -0.25) is 0 Å². The van der Waals surface area contributed by atoms with Crippen LogP contribution in [0.3, 0.4) is 0 Å². The van der Waals surface area contributed by atoms with Crippen LogP contribution in [0.1, 0.15) is 0 Å². The van der Waals surface area contributed by atoms with Crippen LogP contribution in [0.15, 0.2) is 0 Å². The summed E-state index contributed by atoms with van der Waals surface area (Å²) in [5.41, 5.74) is 0. The molecule has 0 aromatic heterocycles. The smallest absolute Gasteiger partial charge is 1.00 e. The van der Waals surface area contributed by atoms with Crippen LogP contribution in [0.2, 0.25) is 0 Å². The van der Waals surface area contributed by atoms with E-state index in [1.54, 1.807) is 0 Å². The summed E-state index contributed by atoms with van der Waals surface area (Å²) in [5, 5.41) is 0. The zero-order valence-electron chi connectivity index (χ0n) is 2.39. The predicted molar refractivity (Wildman–Crippen MR) is 3.61 cm³/mol. The standard InChI is InChI=1S/4ClH.Mn.H2O/h4*1H;;1H2/q;;;;+4;/p-4. The Hall–Kier alpha value is 1.64. The molecule has 0 atom stereocenters. The average molecular weight is 215 g/mol. The van der Waals surface area contributed by atoms with E-state index in [1.165, 1.54) is 0 Å². The molecule has 2 N–H and O–H groups in total. The second kappa shape index (κ2) is 78.6. The van der Waals surface area contributed by atoms with Gasteiger partial charge in [-0.25, -0.2) is 0 Å². The van der Waals surface area contributed by atoms with Crippen molar-refractivity contribution in [2.75, 3.05) is 0 Å². The Morgan fingerprint density at radius 2 is 0.500 bits per heavy atom. The minimum absolute atomic E-state index is 0. The summed E-state index contributed by atoms with van der Waals surface area (Å²) in [6.45, 7) is 0. The van der Waals surface area contributed by atoms with Gasteiger partial charge in [-0.15, -0.1) is 0 Å². The third-order valence-electron chi connectivity index (χ3n) is 0. The molecule has 0 aliphatic rings. The van der Waals surface area contributed by atoms with Crippen molar-refractivity contribution < 1.29 is 72.2 Å². The molecular formula is H2Cl4MnO. The molecule has 0 heterocycles. The van der Waals surface area contributed by atoms with Gasteiger partial charge in [0, 0.05) is 0 Å². The van der Waals surface area contributed by atoms with E-state index >= 15 is 0 Å². The van der Waals surface area contributed by atoms with Crippen LogP contribution in [0, 0.1) is 0 Å². The first kappa shape index (κ1) is 125. The minimum atomic E-state index is 0. The molecule has 0 aliphatic heterocycles. The molecule has 0 aromatic rings. The molecule has 0 unspecified atom stereocenters. The molecule has 0 amide bonds. The van der Waals surface area contributed by atoms with E-state index in [2.05, 4.69) is 0 Å². The van der Waals surface area contributed by atoms with Crippen LogP contribution in [0.25, 0.3) is 0 Å². The van der Waals surface area contributed by atoms with Gasteiger partial charge in [0.25, 0.3) is 0 Å². The molecule has 6 heavy (non-hydrogen) atoms. The molecule has 0 aliphatic carbocycles. The van der Waals surface area contributed by atoms with Crippen LogP contribution in [0.5, 0.6) is 0 Å². The maximum atomic E-state index is 0. The zero-order chi connectivity index (χ0) is 0. The second-order valence-electron chi connectivity index (χ2n) is 0. The van der Waals surface area contributed by atoms with Crippen molar-refractivity contribution >= 4 is 0 Å². The largest absolute Gasteiger partial charge is 4.00 e. The molecule has 43 valence electrons. The summed E-state index contributed by atoms with van der Waals surface area (Å²) in [4.78, 5) is 0. The fraction of sp³-hybridized carbons (Fsp3) is 0. The second-order valence-corrected chi connectivity index (χ2v) is 0. The Kier molecular flexibility index (Phi) is 1640. The number of halogens is 4. The number of rotatable bonds is 0. The molecule has 0 bridgehead atoms. The Morgan fingerprint density at radius 1 is 0.500 bits per heavy atom. The van der Waals surface area contributed by atoms with Crippen molar-refractivity contribution in [2.24, 2.45) is 0 Å². The van der Waals surface area contributed by atoms with Crippen LogP contribution in [-0.2, 0) is 17.1 Å². The molecule has 0 spiro atoms. The van der Waals surface area contributed by atoms with Crippen LogP contribution < -0.4 is 49.6 Å². The SMILES string of the molecule is O.[Cl-].[Cl-].[Cl-].[Cl-].[Mn+4]. The average Bonchev–Trinajstić information content (AvgIpc) is 0. The van der Waals surface area contributed by atoms with Crippen LogP contribution >= 0.6 is 0 Å². The molecule has 0 saturated carbocycles. The molecule has 0 rings (SSSR count). The fourth-order valence-electron chi connectivity index (χ4n) is 0. The van der Waals surface area contributed by atoms with E-state index in [4.69, 9.17) is 0 Å². The number of hydrogen-bond donors (Lipinski definition) is 0. The number of hydrogen-bond acceptors (Lipinski definition) is 0. The monoisotopic (exact) mass is 213 g/mol. The van der Waals surface area contributed by atoms with Gasteiger partial charge in [0.05, 0.1) is 0 Å². The van der Waals surface area contributed by atoms with E-state index in [1.807, 2.05) is 0 Å². The minimum Gasteiger partial charge on any atom is -1.00 e. The first-order valence-electron chi connectivity index (χ1n) is 0. The maximum absolute atomic E-state index is 0. The molecule has 1 nitrogen and oxygen atoms in total. The Balaban J connectivity index is 0. The molecular weight excluding hydrogens is 213 g/mol. The first-order chi connectivity index (χ1) is 0. The van der Waals surface area contributed by atoms with Crippen molar-refractivity contribution in [1.29, 1.82) is 0 Å².